The average molecular weight is 244 g/mol. The van der Waals surface area contributed by atoms with Gasteiger partial charge < -0.3 is 10.2 Å². The van der Waals surface area contributed by atoms with Gasteiger partial charge in [0.1, 0.15) is 0 Å². The molecule has 5 heteroatoms. The van der Waals surface area contributed by atoms with Crippen molar-refractivity contribution in [2.75, 3.05) is 24.5 Å². The monoisotopic (exact) mass is 244 g/mol. The van der Waals surface area contributed by atoms with E-state index >= 15 is 0 Å². The van der Waals surface area contributed by atoms with Crippen LogP contribution in [-0.2, 0) is 6.18 Å². The molecule has 1 unspecified atom stereocenters. The lowest BCUT2D eigenvalue weighted by Crippen LogP contribution is -2.49. The van der Waals surface area contributed by atoms with Crippen LogP contribution in [0.1, 0.15) is 12.5 Å². The van der Waals surface area contributed by atoms with Gasteiger partial charge >= 0.3 is 6.18 Å². The molecule has 1 saturated heterocycles. The Morgan fingerprint density at radius 2 is 1.88 bits per heavy atom. The van der Waals surface area contributed by atoms with E-state index < -0.39 is 11.7 Å². The SMILES string of the molecule is CC1CN(c2ccc(C(F)(F)F)cc2)CCN1. The highest BCUT2D eigenvalue weighted by molar-refractivity contribution is 5.48. The van der Waals surface area contributed by atoms with Crippen molar-refractivity contribution in [3.63, 3.8) is 0 Å². The molecule has 1 N–H and O–H groups in total. The molecule has 0 amide bonds. The van der Waals surface area contributed by atoms with Gasteiger partial charge in [0.25, 0.3) is 0 Å². The van der Waals surface area contributed by atoms with E-state index in [1.165, 1.54) is 0 Å². The summed E-state index contributed by atoms with van der Waals surface area (Å²) < 4.78 is 37.2. The van der Waals surface area contributed by atoms with Crippen LogP contribution in [0.5, 0.6) is 0 Å². The van der Waals surface area contributed by atoms with Crippen LogP contribution in [-0.4, -0.2) is 25.7 Å². The summed E-state index contributed by atoms with van der Waals surface area (Å²) in [5.41, 5.74) is 0.260. The Balaban J connectivity index is 2.12. The third-order valence-electron chi connectivity index (χ3n) is 2.93. The maximum Gasteiger partial charge on any atom is 0.416 e. The molecule has 1 aromatic rings. The Morgan fingerprint density at radius 3 is 2.41 bits per heavy atom. The van der Waals surface area contributed by atoms with Gasteiger partial charge in [-0.25, -0.2) is 0 Å². The molecule has 1 aromatic carbocycles. The molecular formula is C12H15F3N2. The highest BCUT2D eigenvalue weighted by Gasteiger charge is 2.30. The van der Waals surface area contributed by atoms with Gasteiger partial charge in [-0.15, -0.1) is 0 Å². The highest BCUT2D eigenvalue weighted by atomic mass is 19.4. The van der Waals surface area contributed by atoms with Crippen molar-refractivity contribution in [1.29, 1.82) is 0 Å². The molecule has 1 fully saturated rings. The normalized spacial score (nSPS) is 21.6. The number of halogens is 3. The van der Waals surface area contributed by atoms with Gasteiger partial charge in [0.2, 0.25) is 0 Å². The third kappa shape index (κ3) is 2.91. The predicted octanol–water partition coefficient (Wildman–Crippen LogP) is 2.50. The van der Waals surface area contributed by atoms with Crippen molar-refractivity contribution < 1.29 is 13.2 Å². The van der Waals surface area contributed by atoms with Crippen molar-refractivity contribution >= 4 is 5.69 Å². The number of nitrogens with one attached hydrogen (secondary N) is 1. The van der Waals surface area contributed by atoms with E-state index in [1.807, 2.05) is 0 Å². The Hall–Kier alpha value is -1.23. The molecule has 1 aliphatic heterocycles. The average Bonchev–Trinajstić information content (AvgIpc) is 2.28. The van der Waals surface area contributed by atoms with Gasteiger partial charge in [0.05, 0.1) is 5.56 Å². The molecule has 94 valence electrons. The van der Waals surface area contributed by atoms with E-state index in [-0.39, 0.29) is 0 Å². The van der Waals surface area contributed by atoms with Crippen molar-refractivity contribution in [3.05, 3.63) is 29.8 Å². The fourth-order valence-electron chi connectivity index (χ4n) is 2.03. The molecule has 0 aliphatic carbocycles. The Labute approximate surface area is 98.4 Å². The van der Waals surface area contributed by atoms with Crippen LogP contribution in [0, 0.1) is 0 Å². The molecule has 0 saturated carbocycles. The van der Waals surface area contributed by atoms with Gasteiger partial charge in [-0.1, -0.05) is 0 Å². The first kappa shape index (κ1) is 12.2. The van der Waals surface area contributed by atoms with Crippen LogP contribution in [0.4, 0.5) is 18.9 Å². The molecule has 1 aliphatic rings. The zero-order valence-corrected chi connectivity index (χ0v) is 9.59. The zero-order chi connectivity index (χ0) is 12.5. The molecule has 2 nitrogen and oxygen atoms in total. The first-order chi connectivity index (χ1) is 7.97. The molecule has 2 rings (SSSR count). The number of alkyl halides is 3. The second-order valence-corrected chi connectivity index (χ2v) is 4.35. The maximum atomic E-state index is 12.4. The standard InChI is InChI=1S/C12H15F3N2/c1-9-8-17(7-6-16-9)11-4-2-10(3-5-11)12(13,14)15/h2-5,9,16H,6-8H2,1H3. The molecule has 0 radical (unpaired) electrons. The number of piperazine rings is 1. The van der Waals surface area contributed by atoms with Crippen molar-refractivity contribution in [1.82, 2.24) is 5.32 Å². The highest BCUT2D eigenvalue weighted by Crippen LogP contribution is 2.30. The van der Waals surface area contributed by atoms with E-state index in [4.69, 9.17) is 0 Å². The van der Waals surface area contributed by atoms with Crippen LogP contribution >= 0.6 is 0 Å². The smallest absolute Gasteiger partial charge is 0.369 e. The minimum Gasteiger partial charge on any atom is -0.369 e. The van der Waals surface area contributed by atoms with Crippen molar-refractivity contribution in [3.8, 4) is 0 Å². The summed E-state index contributed by atoms with van der Waals surface area (Å²) in [5, 5.41) is 3.30. The number of benzene rings is 1. The van der Waals surface area contributed by atoms with Crippen LogP contribution in [0.25, 0.3) is 0 Å². The number of nitrogens with zero attached hydrogens (tertiary/aromatic N) is 1. The molecule has 0 bridgehead atoms. The van der Waals surface area contributed by atoms with Gasteiger partial charge in [0, 0.05) is 31.4 Å². The van der Waals surface area contributed by atoms with E-state index in [0.717, 1.165) is 37.5 Å². The summed E-state index contributed by atoms with van der Waals surface area (Å²) >= 11 is 0. The second kappa shape index (κ2) is 4.56. The van der Waals surface area contributed by atoms with Gasteiger partial charge in [-0.05, 0) is 31.2 Å². The van der Waals surface area contributed by atoms with E-state index in [2.05, 4.69) is 17.1 Å². The number of anilines is 1. The maximum absolute atomic E-state index is 12.4. The van der Waals surface area contributed by atoms with E-state index in [9.17, 15) is 13.2 Å². The Kier molecular flexibility index (Phi) is 3.28. The minimum absolute atomic E-state index is 0.367. The number of hydrogen-bond acceptors (Lipinski definition) is 2. The lowest BCUT2D eigenvalue weighted by atomic mass is 10.1. The van der Waals surface area contributed by atoms with Gasteiger partial charge in [-0.3, -0.25) is 0 Å². The van der Waals surface area contributed by atoms with Crippen molar-refractivity contribution in [2.45, 2.75) is 19.1 Å². The van der Waals surface area contributed by atoms with Crippen molar-refractivity contribution in [2.24, 2.45) is 0 Å². The number of rotatable bonds is 1. The summed E-state index contributed by atoms with van der Waals surface area (Å²) in [5.74, 6) is 0. The quantitative estimate of drug-likeness (QED) is 0.816. The fourth-order valence-corrected chi connectivity index (χ4v) is 2.03. The van der Waals surface area contributed by atoms with Crippen LogP contribution in [0.2, 0.25) is 0 Å². The molecule has 17 heavy (non-hydrogen) atoms. The number of hydrogen-bond donors (Lipinski definition) is 1. The molecule has 0 spiro atoms. The molecule has 1 heterocycles. The predicted molar refractivity (Wildman–Crippen MR) is 61.1 cm³/mol. The van der Waals surface area contributed by atoms with Crippen LogP contribution in [0.3, 0.4) is 0 Å². The lowest BCUT2D eigenvalue weighted by molar-refractivity contribution is -0.137. The molecule has 0 aromatic heterocycles. The third-order valence-corrected chi connectivity index (χ3v) is 2.93. The largest absolute Gasteiger partial charge is 0.416 e. The van der Waals surface area contributed by atoms with Gasteiger partial charge in [-0.2, -0.15) is 13.2 Å². The van der Waals surface area contributed by atoms with Crippen LogP contribution in [0.15, 0.2) is 24.3 Å². The summed E-state index contributed by atoms with van der Waals surface area (Å²) in [7, 11) is 0. The van der Waals surface area contributed by atoms with E-state index in [0.29, 0.717) is 6.04 Å². The second-order valence-electron chi connectivity index (χ2n) is 4.35. The Morgan fingerprint density at radius 1 is 1.24 bits per heavy atom. The summed E-state index contributed by atoms with van der Waals surface area (Å²) in [6, 6.07) is 5.73. The van der Waals surface area contributed by atoms with Crippen LogP contribution < -0.4 is 10.2 Å². The summed E-state index contributed by atoms with van der Waals surface area (Å²) in [6.07, 6.45) is -4.25. The minimum atomic E-state index is -4.25. The molecule has 1 atom stereocenters. The zero-order valence-electron chi connectivity index (χ0n) is 9.59. The summed E-state index contributed by atoms with van der Waals surface area (Å²) in [4.78, 5) is 2.10. The van der Waals surface area contributed by atoms with Gasteiger partial charge in [0.15, 0.2) is 0 Å². The lowest BCUT2D eigenvalue weighted by Gasteiger charge is -2.33. The first-order valence-corrected chi connectivity index (χ1v) is 5.62. The topological polar surface area (TPSA) is 15.3 Å². The first-order valence-electron chi connectivity index (χ1n) is 5.62. The fraction of sp³-hybridized carbons (Fsp3) is 0.500. The molecular weight excluding hydrogens is 229 g/mol. The summed E-state index contributed by atoms with van der Waals surface area (Å²) in [6.45, 7) is 4.58. The van der Waals surface area contributed by atoms with E-state index in [1.54, 1.807) is 12.1 Å². The Bertz CT molecular complexity index is 372.